The number of anilines is 1. The Bertz CT molecular complexity index is 992. The third-order valence-corrected chi connectivity index (χ3v) is 8.36. The summed E-state index contributed by atoms with van der Waals surface area (Å²) in [6.45, 7) is 12.3. The van der Waals surface area contributed by atoms with Gasteiger partial charge < -0.3 is 10.6 Å². The molecular formula is C24H34BrN5O2. The maximum atomic E-state index is 12.8. The molecule has 0 radical (unpaired) electrons. The molecule has 1 aliphatic rings. The van der Waals surface area contributed by atoms with Crippen LogP contribution < -0.4 is 16.2 Å². The number of amides is 1. The molecule has 0 saturated heterocycles. The highest BCUT2D eigenvalue weighted by atomic mass is 79.9. The fourth-order valence-electron chi connectivity index (χ4n) is 4.49. The summed E-state index contributed by atoms with van der Waals surface area (Å²) in [4.78, 5) is 28.9. The first-order chi connectivity index (χ1) is 15.1. The normalized spacial score (nSPS) is 24.7. The number of aryl methyl sites for hydroxylation is 1. The third-order valence-electron chi connectivity index (χ3n) is 7.59. The highest BCUT2D eigenvalue weighted by Gasteiger charge is 2.43. The van der Waals surface area contributed by atoms with Crippen LogP contribution in [0.25, 0.3) is 0 Å². The van der Waals surface area contributed by atoms with E-state index in [1.54, 1.807) is 18.6 Å². The average Bonchev–Trinajstić information content (AvgIpc) is 2.78. The van der Waals surface area contributed by atoms with Gasteiger partial charge in [0.1, 0.15) is 4.47 Å². The molecule has 0 spiro atoms. The van der Waals surface area contributed by atoms with Crippen molar-refractivity contribution in [3.8, 4) is 0 Å². The van der Waals surface area contributed by atoms with Gasteiger partial charge in [0.2, 0.25) is 5.91 Å². The Morgan fingerprint density at radius 2 is 1.94 bits per heavy atom. The molecule has 1 amide bonds. The van der Waals surface area contributed by atoms with E-state index in [0.29, 0.717) is 34.5 Å². The summed E-state index contributed by atoms with van der Waals surface area (Å²) in [5.41, 5.74) is 1.74. The highest BCUT2D eigenvalue weighted by molar-refractivity contribution is 9.10. The Balaban J connectivity index is 1.60. The van der Waals surface area contributed by atoms with Crippen LogP contribution in [0, 0.1) is 23.2 Å². The Hall–Kier alpha value is -2.22. The number of rotatable bonds is 7. The third kappa shape index (κ3) is 5.39. The minimum absolute atomic E-state index is 0.129. The van der Waals surface area contributed by atoms with Gasteiger partial charge in [0.05, 0.1) is 18.4 Å². The van der Waals surface area contributed by atoms with E-state index in [0.717, 1.165) is 12.0 Å². The lowest BCUT2D eigenvalue weighted by molar-refractivity contribution is -0.121. The molecule has 2 aromatic rings. The second-order valence-corrected chi connectivity index (χ2v) is 10.4. The monoisotopic (exact) mass is 503 g/mol. The summed E-state index contributed by atoms with van der Waals surface area (Å²) in [7, 11) is 0. The van der Waals surface area contributed by atoms with Crippen molar-refractivity contribution in [2.45, 2.75) is 66.6 Å². The Labute approximate surface area is 198 Å². The van der Waals surface area contributed by atoms with Gasteiger partial charge in [0, 0.05) is 31.4 Å². The fourth-order valence-corrected chi connectivity index (χ4v) is 4.91. The van der Waals surface area contributed by atoms with Crippen molar-refractivity contribution in [2.75, 3.05) is 5.32 Å². The molecule has 0 aliphatic heterocycles. The molecule has 1 fully saturated rings. The van der Waals surface area contributed by atoms with E-state index in [1.165, 1.54) is 4.68 Å². The van der Waals surface area contributed by atoms with Gasteiger partial charge in [-0.3, -0.25) is 14.6 Å². The van der Waals surface area contributed by atoms with Gasteiger partial charge in [-0.25, -0.2) is 4.68 Å². The predicted octanol–water partition coefficient (Wildman–Crippen LogP) is 4.23. The largest absolute Gasteiger partial charge is 0.380 e. The van der Waals surface area contributed by atoms with Crippen molar-refractivity contribution >= 4 is 27.5 Å². The van der Waals surface area contributed by atoms with Crippen LogP contribution in [0.3, 0.4) is 0 Å². The molecule has 2 N–H and O–H groups in total. The zero-order chi connectivity index (χ0) is 23.5. The predicted molar refractivity (Wildman–Crippen MR) is 130 cm³/mol. The van der Waals surface area contributed by atoms with Crippen molar-refractivity contribution in [1.29, 1.82) is 0 Å². The number of carbonyl (C=O) groups excluding carboxylic acids is 1. The van der Waals surface area contributed by atoms with Crippen molar-refractivity contribution in [2.24, 2.45) is 23.2 Å². The number of pyridine rings is 1. The molecule has 0 unspecified atom stereocenters. The highest BCUT2D eigenvalue weighted by Crippen LogP contribution is 2.48. The van der Waals surface area contributed by atoms with Crippen LogP contribution in [-0.2, 0) is 17.9 Å². The summed E-state index contributed by atoms with van der Waals surface area (Å²) in [5.74, 6) is 1.47. The van der Waals surface area contributed by atoms with Crippen molar-refractivity contribution < 1.29 is 4.79 Å². The molecule has 2 aromatic heterocycles. The maximum Gasteiger partial charge on any atom is 0.283 e. The molecule has 8 heteroatoms. The quantitative estimate of drug-likeness (QED) is 0.590. The first-order valence-corrected chi connectivity index (χ1v) is 12.1. The lowest BCUT2D eigenvalue weighted by atomic mass is 9.58. The van der Waals surface area contributed by atoms with Crippen LogP contribution in [0.2, 0.25) is 0 Å². The number of aromatic nitrogens is 3. The minimum Gasteiger partial charge on any atom is -0.380 e. The number of hydrogen-bond donors (Lipinski definition) is 2. The van der Waals surface area contributed by atoms with E-state index in [4.69, 9.17) is 0 Å². The first kappa shape index (κ1) is 24.4. The Morgan fingerprint density at radius 1 is 1.25 bits per heavy atom. The van der Waals surface area contributed by atoms with Crippen molar-refractivity contribution in [1.82, 2.24) is 20.1 Å². The maximum absolute atomic E-state index is 12.8. The summed E-state index contributed by atoms with van der Waals surface area (Å²) in [6, 6.07) is 3.98. The number of nitrogens with zero attached hydrogens (tertiary/aromatic N) is 3. The lowest BCUT2D eigenvalue weighted by Crippen LogP contribution is -2.48. The number of halogens is 1. The molecule has 32 heavy (non-hydrogen) atoms. The van der Waals surface area contributed by atoms with Gasteiger partial charge in [0.25, 0.3) is 5.56 Å². The average molecular weight is 504 g/mol. The van der Waals surface area contributed by atoms with Gasteiger partial charge in [-0.1, -0.05) is 34.6 Å². The van der Waals surface area contributed by atoms with Crippen LogP contribution in [0.1, 0.15) is 53.0 Å². The molecule has 3 rings (SSSR count). The molecule has 4 atom stereocenters. The smallest absolute Gasteiger partial charge is 0.283 e. The SMILES string of the molecule is C[C@@H]1[C@@H](C)C(C)(C)[C@@H](C)C[C@H]1Nc1cnn(CCC(=O)NCc2ccncc2)c(=O)c1Br. The zero-order valence-electron chi connectivity index (χ0n) is 19.6. The summed E-state index contributed by atoms with van der Waals surface area (Å²) in [6.07, 6.45) is 6.29. The van der Waals surface area contributed by atoms with Gasteiger partial charge in [-0.15, -0.1) is 0 Å². The van der Waals surface area contributed by atoms with Crippen LogP contribution in [0.15, 0.2) is 40.0 Å². The van der Waals surface area contributed by atoms with Crippen molar-refractivity contribution in [3.05, 3.63) is 51.1 Å². The molecule has 0 bridgehead atoms. The topological polar surface area (TPSA) is 88.9 Å². The van der Waals surface area contributed by atoms with E-state index in [1.807, 2.05) is 12.1 Å². The van der Waals surface area contributed by atoms with E-state index in [-0.39, 0.29) is 35.9 Å². The summed E-state index contributed by atoms with van der Waals surface area (Å²) < 4.78 is 1.79. The molecule has 7 nitrogen and oxygen atoms in total. The van der Waals surface area contributed by atoms with Crippen molar-refractivity contribution in [3.63, 3.8) is 0 Å². The second kappa shape index (κ2) is 10.1. The standard InChI is InChI=1S/C24H34BrN5O2/c1-15-12-19(16(2)17(3)24(15,4)5)29-20-14-28-30(23(32)22(20)25)11-8-21(31)27-13-18-6-9-26-10-7-18/h6-7,9-10,14-17,19,29H,8,11-13H2,1-5H3,(H,27,31)/t15-,16+,17+,19+/m0/s1. The zero-order valence-corrected chi connectivity index (χ0v) is 21.1. The molecule has 0 aromatic carbocycles. The summed E-state index contributed by atoms with van der Waals surface area (Å²) >= 11 is 3.46. The molecular weight excluding hydrogens is 470 g/mol. The number of hydrogen-bond acceptors (Lipinski definition) is 5. The van der Waals surface area contributed by atoms with Crippen LogP contribution in [-0.4, -0.2) is 26.7 Å². The van der Waals surface area contributed by atoms with E-state index in [2.05, 4.69) is 71.3 Å². The fraction of sp³-hybridized carbons (Fsp3) is 0.583. The van der Waals surface area contributed by atoms with E-state index >= 15 is 0 Å². The van der Waals surface area contributed by atoms with E-state index in [9.17, 15) is 9.59 Å². The lowest BCUT2D eigenvalue weighted by Gasteiger charge is -2.50. The number of nitrogens with one attached hydrogen (secondary N) is 2. The minimum atomic E-state index is -0.234. The van der Waals surface area contributed by atoms with Gasteiger partial charge in [0.15, 0.2) is 0 Å². The van der Waals surface area contributed by atoms with Gasteiger partial charge in [-0.2, -0.15) is 5.10 Å². The van der Waals surface area contributed by atoms with Crippen LogP contribution >= 0.6 is 15.9 Å². The van der Waals surface area contributed by atoms with Gasteiger partial charge >= 0.3 is 0 Å². The number of carbonyl (C=O) groups is 1. The molecule has 1 saturated carbocycles. The van der Waals surface area contributed by atoms with Crippen LogP contribution in [0.4, 0.5) is 5.69 Å². The van der Waals surface area contributed by atoms with Gasteiger partial charge in [-0.05, 0) is 63.2 Å². The van der Waals surface area contributed by atoms with Crippen LogP contribution in [0.5, 0.6) is 0 Å². The molecule has 174 valence electrons. The molecule has 2 heterocycles. The second-order valence-electron chi connectivity index (χ2n) is 9.64. The summed E-state index contributed by atoms with van der Waals surface area (Å²) in [5, 5.41) is 10.7. The van der Waals surface area contributed by atoms with E-state index < -0.39 is 0 Å². The molecule has 1 aliphatic carbocycles. The Morgan fingerprint density at radius 3 is 2.62 bits per heavy atom. The first-order valence-electron chi connectivity index (χ1n) is 11.3. The Kier molecular flexibility index (Phi) is 7.75.